The van der Waals surface area contributed by atoms with Crippen molar-refractivity contribution in [2.24, 2.45) is 15.0 Å². The van der Waals surface area contributed by atoms with Crippen LogP contribution in [0.2, 0.25) is 0 Å². The van der Waals surface area contributed by atoms with Crippen LogP contribution in [0.4, 0.5) is 0 Å². The van der Waals surface area contributed by atoms with Gasteiger partial charge >= 0.3 is 0 Å². The van der Waals surface area contributed by atoms with Crippen molar-refractivity contribution in [2.45, 2.75) is 25.8 Å². The van der Waals surface area contributed by atoms with Gasteiger partial charge in [0.2, 0.25) is 0 Å². The highest BCUT2D eigenvalue weighted by atomic mass is 32.1. The molecule has 0 saturated carbocycles. The minimum absolute atomic E-state index is 0.530. The molecule has 0 amide bonds. The van der Waals surface area contributed by atoms with Crippen LogP contribution in [0, 0.1) is 0 Å². The van der Waals surface area contributed by atoms with Crippen molar-refractivity contribution in [1.82, 2.24) is 0 Å². The van der Waals surface area contributed by atoms with Crippen molar-refractivity contribution in [3.8, 4) is 11.1 Å². The van der Waals surface area contributed by atoms with Gasteiger partial charge in [0.1, 0.15) is 0 Å². The summed E-state index contributed by atoms with van der Waals surface area (Å²) in [5.41, 5.74) is 12.6. The second-order valence-electron chi connectivity index (χ2n) is 11.6. The molecule has 0 aliphatic heterocycles. The van der Waals surface area contributed by atoms with Crippen molar-refractivity contribution in [3.05, 3.63) is 171 Å². The Hall–Kier alpha value is -5.19. The number of rotatable bonds is 5. The zero-order valence-electron chi connectivity index (χ0n) is 24.9. The first-order valence-electron chi connectivity index (χ1n) is 15.4. The van der Waals surface area contributed by atoms with Crippen LogP contribution in [-0.2, 0) is 19.4 Å². The van der Waals surface area contributed by atoms with E-state index in [0.717, 1.165) is 30.4 Å². The minimum atomic E-state index is 0.530. The van der Waals surface area contributed by atoms with Gasteiger partial charge in [0.15, 0.2) is 11.7 Å². The van der Waals surface area contributed by atoms with Crippen molar-refractivity contribution >= 4 is 45.4 Å². The molecule has 0 bridgehead atoms. The lowest BCUT2D eigenvalue weighted by Gasteiger charge is -2.16. The zero-order valence-corrected chi connectivity index (χ0v) is 25.7. The summed E-state index contributed by atoms with van der Waals surface area (Å²) in [6, 6.07) is 42.7. The van der Waals surface area contributed by atoms with E-state index < -0.39 is 0 Å². The molecular formula is C41H31N3S. The Kier molecular flexibility index (Phi) is 7.13. The lowest BCUT2D eigenvalue weighted by Crippen LogP contribution is -2.05. The van der Waals surface area contributed by atoms with Crippen LogP contribution >= 0.6 is 11.3 Å². The van der Waals surface area contributed by atoms with Gasteiger partial charge in [-0.15, -0.1) is 11.3 Å². The maximum atomic E-state index is 5.00. The molecule has 4 heteroatoms. The molecule has 45 heavy (non-hydrogen) atoms. The Labute approximate surface area is 267 Å². The molecule has 5 aromatic carbocycles. The van der Waals surface area contributed by atoms with Crippen LogP contribution in [0.3, 0.4) is 0 Å². The molecular weight excluding hydrogens is 567 g/mol. The molecule has 3 nitrogen and oxygen atoms in total. The predicted octanol–water partition coefficient (Wildman–Crippen LogP) is 9.94. The highest BCUT2D eigenvalue weighted by Gasteiger charge is 2.23. The number of allylic oxidation sites excluding steroid dienone is 1. The summed E-state index contributed by atoms with van der Waals surface area (Å²) < 4.78 is 1.39. The maximum absolute atomic E-state index is 5.00. The Bertz CT molecular complexity index is 2170. The van der Waals surface area contributed by atoms with E-state index >= 15 is 0 Å². The molecule has 0 N–H and O–H groups in total. The quantitative estimate of drug-likeness (QED) is 0.140. The number of benzene rings is 5. The molecule has 0 spiro atoms. The summed E-state index contributed by atoms with van der Waals surface area (Å²) in [5, 5.41) is 1.39. The van der Waals surface area contributed by atoms with E-state index in [9.17, 15) is 0 Å². The van der Waals surface area contributed by atoms with E-state index in [1.54, 1.807) is 0 Å². The van der Waals surface area contributed by atoms with Crippen molar-refractivity contribution in [1.29, 1.82) is 0 Å². The number of hydrogen-bond acceptors (Lipinski definition) is 2. The van der Waals surface area contributed by atoms with Crippen molar-refractivity contribution < 1.29 is 0 Å². The third-order valence-electron chi connectivity index (χ3n) is 8.75. The first kappa shape index (κ1) is 27.4. The Morgan fingerprint density at radius 1 is 0.711 bits per heavy atom. The standard InChI is InChI=1S/C41H31N3S/c1-42-40(28-11-4-2-5-12-28)44-41(29-13-6-3-7-14-29)43-26-27-19-21-33-31(23-27)25-32-24-30(20-22-34(32)33)35-16-10-18-38-39(35)36-15-8-9-17-37(36)45-38/h2-9,11-17,19-24H,1,10,18,25-26H2/b43-41-,44-40-. The van der Waals surface area contributed by atoms with Gasteiger partial charge in [0.25, 0.3) is 0 Å². The third kappa shape index (κ3) is 5.17. The summed E-state index contributed by atoms with van der Waals surface area (Å²) in [7, 11) is 0. The fraction of sp³-hybridized carbons (Fsp3) is 0.0976. The van der Waals surface area contributed by atoms with Crippen LogP contribution in [-0.4, -0.2) is 18.4 Å². The van der Waals surface area contributed by atoms with Gasteiger partial charge in [0.05, 0.1) is 6.54 Å². The van der Waals surface area contributed by atoms with E-state index in [2.05, 4.69) is 78.4 Å². The monoisotopic (exact) mass is 597 g/mol. The molecule has 0 atom stereocenters. The van der Waals surface area contributed by atoms with E-state index in [-0.39, 0.29) is 0 Å². The topological polar surface area (TPSA) is 37.1 Å². The first-order valence-corrected chi connectivity index (χ1v) is 16.2. The summed E-state index contributed by atoms with van der Waals surface area (Å²) in [6.07, 6.45) is 5.61. The number of nitrogens with zero attached hydrogens (tertiary/aromatic N) is 3. The van der Waals surface area contributed by atoms with Crippen LogP contribution < -0.4 is 0 Å². The van der Waals surface area contributed by atoms with Gasteiger partial charge < -0.3 is 0 Å². The Balaban J connectivity index is 1.09. The van der Waals surface area contributed by atoms with E-state index in [1.807, 2.05) is 72.0 Å². The number of thiophene rings is 1. The number of hydrogen-bond donors (Lipinski definition) is 0. The number of amidine groups is 2. The smallest absolute Gasteiger partial charge is 0.161 e. The maximum Gasteiger partial charge on any atom is 0.161 e. The first-order chi connectivity index (χ1) is 22.2. The third-order valence-corrected chi connectivity index (χ3v) is 9.98. The average Bonchev–Trinajstić information content (AvgIpc) is 3.66. The van der Waals surface area contributed by atoms with Crippen molar-refractivity contribution in [2.75, 3.05) is 0 Å². The van der Waals surface area contributed by atoms with Gasteiger partial charge in [0, 0.05) is 31.7 Å². The molecule has 0 fully saturated rings. The highest BCUT2D eigenvalue weighted by Crippen LogP contribution is 2.44. The molecule has 6 aromatic rings. The highest BCUT2D eigenvalue weighted by molar-refractivity contribution is 7.19. The molecule has 8 rings (SSSR count). The van der Waals surface area contributed by atoms with Crippen LogP contribution in [0.15, 0.2) is 142 Å². The van der Waals surface area contributed by atoms with E-state index in [1.165, 1.54) is 59.5 Å². The summed E-state index contributed by atoms with van der Waals surface area (Å²) in [4.78, 5) is 15.6. The average molecular weight is 598 g/mol. The summed E-state index contributed by atoms with van der Waals surface area (Å²) in [5.74, 6) is 1.21. The Morgan fingerprint density at radius 2 is 1.40 bits per heavy atom. The second-order valence-corrected chi connectivity index (χ2v) is 12.7. The fourth-order valence-corrected chi connectivity index (χ4v) is 7.87. The van der Waals surface area contributed by atoms with Gasteiger partial charge in [-0.05, 0) is 71.0 Å². The Morgan fingerprint density at radius 3 is 2.18 bits per heavy atom. The fourth-order valence-electron chi connectivity index (χ4n) is 6.63. The van der Waals surface area contributed by atoms with E-state index in [0.29, 0.717) is 18.2 Å². The van der Waals surface area contributed by atoms with Crippen LogP contribution in [0.5, 0.6) is 0 Å². The van der Waals surface area contributed by atoms with Crippen LogP contribution in [0.1, 0.15) is 50.2 Å². The minimum Gasteiger partial charge on any atom is -0.261 e. The van der Waals surface area contributed by atoms with Crippen molar-refractivity contribution in [3.63, 3.8) is 0 Å². The van der Waals surface area contributed by atoms with Gasteiger partial charge in [-0.2, -0.15) is 0 Å². The SMILES string of the molecule is C=N/C(=N\C(=N/Cc1ccc2c(c1)Cc1cc(C3=CCCc4sc5ccccc5c43)ccc1-2)c1ccccc1)c1ccccc1. The largest absolute Gasteiger partial charge is 0.261 e. The normalized spacial score (nSPS) is 14.1. The summed E-state index contributed by atoms with van der Waals surface area (Å²) in [6.45, 7) is 4.31. The number of aryl methyl sites for hydroxylation is 1. The number of aliphatic imine (C=N–C) groups is 3. The van der Waals surface area contributed by atoms with Crippen LogP contribution in [0.25, 0.3) is 26.8 Å². The second kappa shape index (κ2) is 11.7. The van der Waals surface area contributed by atoms with Gasteiger partial charge in [-0.1, -0.05) is 121 Å². The molecule has 0 unspecified atom stereocenters. The molecule has 0 radical (unpaired) electrons. The van der Waals surface area contributed by atoms with E-state index in [4.69, 9.17) is 9.98 Å². The molecule has 2 aliphatic rings. The zero-order chi connectivity index (χ0) is 30.2. The van der Waals surface area contributed by atoms with Gasteiger partial charge in [-0.3, -0.25) is 4.99 Å². The molecule has 216 valence electrons. The molecule has 0 saturated heterocycles. The summed E-state index contributed by atoms with van der Waals surface area (Å²) >= 11 is 1.96. The lowest BCUT2D eigenvalue weighted by atomic mass is 9.88. The lowest BCUT2D eigenvalue weighted by molar-refractivity contribution is 1.01. The molecule has 2 aliphatic carbocycles. The predicted molar refractivity (Wildman–Crippen MR) is 191 cm³/mol. The number of fused-ring (bicyclic) bond motifs is 6. The molecule has 1 aromatic heterocycles. The molecule has 1 heterocycles. The van der Waals surface area contributed by atoms with Gasteiger partial charge in [-0.25, -0.2) is 9.98 Å².